The van der Waals surface area contributed by atoms with E-state index in [0.29, 0.717) is 17.7 Å². The van der Waals surface area contributed by atoms with Crippen LogP contribution in [0, 0.1) is 5.41 Å². The summed E-state index contributed by atoms with van der Waals surface area (Å²) in [5.74, 6) is -0.507. The number of carbonyl (C=O) groups is 1. The smallest absolute Gasteiger partial charge is 0.233 e. The first-order chi connectivity index (χ1) is 9.03. The van der Waals surface area contributed by atoms with E-state index >= 15 is 0 Å². The summed E-state index contributed by atoms with van der Waals surface area (Å²) >= 11 is 11.9. The molecule has 1 aromatic rings. The monoisotopic (exact) mass is 336 g/mol. The highest BCUT2D eigenvalue weighted by Gasteiger charge is 2.67. The quantitative estimate of drug-likeness (QED) is 0.824. The van der Waals surface area contributed by atoms with Crippen LogP contribution in [0.1, 0.15) is 18.9 Å². The normalized spacial score (nSPS) is 24.2. The van der Waals surface area contributed by atoms with Crippen molar-refractivity contribution in [1.29, 1.82) is 0 Å². The number of rotatable bonds is 4. The van der Waals surface area contributed by atoms with Crippen molar-refractivity contribution in [3.05, 3.63) is 29.8 Å². The Morgan fingerprint density at radius 3 is 2.25 bits per heavy atom. The van der Waals surface area contributed by atoms with Crippen molar-refractivity contribution in [2.75, 3.05) is 5.32 Å². The lowest BCUT2D eigenvalue weighted by molar-refractivity contribution is -0.120. The molecule has 0 saturated heterocycles. The van der Waals surface area contributed by atoms with Crippen molar-refractivity contribution in [2.24, 2.45) is 10.6 Å². The SMILES string of the molecule is CC1(C(=O)Nc2ccc(CS(N)(=O)=O)cc2)CC1(Cl)Cl. The first kappa shape index (κ1) is 15.6. The summed E-state index contributed by atoms with van der Waals surface area (Å²) in [6, 6.07) is 6.39. The average molecular weight is 337 g/mol. The number of carbonyl (C=O) groups excluding carboxylic acids is 1. The van der Waals surface area contributed by atoms with Gasteiger partial charge in [0.1, 0.15) is 4.33 Å². The lowest BCUT2D eigenvalue weighted by atomic mass is 10.1. The van der Waals surface area contributed by atoms with E-state index in [2.05, 4.69) is 5.32 Å². The van der Waals surface area contributed by atoms with Crippen molar-refractivity contribution < 1.29 is 13.2 Å². The highest BCUT2D eigenvalue weighted by molar-refractivity contribution is 7.88. The first-order valence-electron chi connectivity index (χ1n) is 5.82. The van der Waals surface area contributed by atoms with E-state index in [0.717, 1.165) is 0 Å². The molecule has 20 heavy (non-hydrogen) atoms. The van der Waals surface area contributed by atoms with Crippen molar-refractivity contribution >= 4 is 44.8 Å². The molecule has 1 amide bonds. The number of amides is 1. The van der Waals surface area contributed by atoms with E-state index in [1.807, 2.05) is 0 Å². The first-order valence-corrected chi connectivity index (χ1v) is 8.29. The molecular weight excluding hydrogens is 323 g/mol. The van der Waals surface area contributed by atoms with Crippen LogP contribution < -0.4 is 10.5 Å². The predicted octanol–water partition coefficient (Wildman–Crippen LogP) is 2.00. The maximum atomic E-state index is 12.0. The molecule has 8 heteroatoms. The third-order valence-electron chi connectivity index (χ3n) is 3.34. The van der Waals surface area contributed by atoms with Crippen LogP contribution in [0.4, 0.5) is 5.69 Å². The third kappa shape index (κ3) is 3.25. The number of hydrogen-bond donors (Lipinski definition) is 2. The van der Waals surface area contributed by atoms with Gasteiger partial charge in [-0.15, -0.1) is 23.2 Å². The van der Waals surface area contributed by atoms with Crippen LogP contribution >= 0.6 is 23.2 Å². The molecule has 1 aliphatic carbocycles. The maximum Gasteiger partial charge on any atom is 0.233 e. The molecule has 110 valence electrons. The molecule has 0 bridgehead atoms. The zero-order valence-corrected chi connectivity index (χ0v) is 13.0. The standard InChI is InChI=1S/C12H14Cl2N2O3S/c1-11(7-12(11,13)14)10(17)16-9-4-2-8(3-5-9)6-20(15,18)19/h2-5H,6-7H2,1H3,(H,16,17)(H2,15,18,19). The Kier molecular flexibility index (Phi) is 3.79. The average Bonchev–Trinajstić information content (AvgIpc) is 2.80. The van der Waals surface area contributed by atoms with E-state index in [1.54, 1.807) is 31.2 Å². The Balaban J connectivity index is 2.03. The lowest BCUT2D eigenvalue weighted by Crippen LogP contribution is -2.25. The van der Waals surface area contributed by atoms with Gasteiger partial charge in [0.15, 0.2) is 0 Å². The number of hydrogen-bond acceptors (Lipinski definition) is 3. The van der Waals surface area contributed by atoms with Gasteiger partial charge in [-0.2, -0.15) is 0 Å². The van der Waals surface area contributed by atoms with Gasteiger partial charge in [-0.05, 0) is 31.0 Å². The third-order valence-corrected chi connectivity index (χ3v) is 5.18. The zero-order chi connectivity index (χ0) is 15.2. The number of benzene rings is 1. The van der Waals surface area contributed by atoms with Crippen molar-refractivity contribution in [3.8, 4) is 0 Å². The summed E-state index contributed by atoms with van der Waals surface area (Å²) in [4.78, 5) is 12.0. The largest absolute Gasteiger partial charge is 0.326 e. The molecule has 0 aliphatic heterocycles. The van der Waals surface area contributed by atoms with Crippen LogP contribution in [0.5, 0.6) is 0 Å². The molecule has 1 atom stereocenters. The van der Waals surface area contributed by atoms with Crippen LogP contribution in [0.2, 0.25) is 0 Å². The van der Waals surface area contributed by atoms with Crippen LogP contribution in [-0.4, -0.2) is 18.7 Å². The molecule has 0 radical (unpaired) electrons. The summed E-state index contributed by atoms with van der Waals surface area (Å²) in [6.45, 7) is 1.69. The number of sulfonamides is 1. The summed E-state index contributed by atoms with van der Waals surface area (Å²) < 4.78 is 20.9. The Hall–Kier alpha value is -0.820. The molecule has 3 N–H and O–H groups in total. The summed E-state index contributed by atoms with van der Waals surface area (Å²) in [5.41, 5.74) is 0.299. The van der Waals surface area contributed by atoms with Gasteiger partial charge in [-0.25, -0.2) is 13.6 Å². The van der Waals surface area contributed by atoms with Gasteiger partial charge in [0.25, 0.3) is 0 Å². The van der Waals surface area contributed by atoms with Gasteiger partial charge in [0, 0.05) is 5.69 Å². The van der Waals surface area contributed by atoms with Crippen molar-refractivity contribution in [1.82, 2.24) is 0 Å². The van der Waals surface area contributed by atoms with Crippen LogP contribution in [-0.2, 0) is 20.6 Å². The number of nitrogens with one attached hydrogen (secondary N) is 1. The van der Waals surface area contributed by atoms with Crippen LogP contribution in [0.25, 0.3) is 0 Å². The number of halogens is 2. The van der Waals surface area contributed by atoms with Gasteiger partial charge in [0.2, 0.25) is 15.9 Å². The minimum absolute atomic E-state index is 0.245. The Bertz CT molecular complexity index is 643. The Labute approximate surface area is 127 Å². The predicted molar refractivity (Wildman–Crippen MR) is 79.0 cm³/mol. The second-order valence-corrected chi connectivity index (χ2v) is 8.27. The van der Waals surface area contributed by atoms with Gasteiger partial charge in [0.05, 0.1) is 11.2 Å². The number of anilines is 1. The summed E-state index contributed by atoms with van der Waals surface area (Å²) in [7, 11) is -3.56. The molecule has 1 unspecified atom stereocenters. The van der Waals surface area contributed by atoms with E-state index in [1.165, 1.54) is 0 Å². The van der Waals surface area contributed by atoms with E-state index in [4.69, 9.17) is 28.3 Å². The lowest BCUT2D eigenvalue weighted by Gasteiger charge is -2.12. The van der Waals surface area contributed by atoms with E-state index in [9.17, 15) is 13.2 Å². The fraction of sp³-hybridized carbons (Fsp3) is 0.417. The second-order valence-electron chi connectivity index (χ2n) is 5.17. The number of nitrogens with two attached hydrogens (primary N) is 1. The minimum atomic E-state index is -3.56. The van der Waals surface area contributed by atoms with Crippen LogP contribution in [0.15, 0.2) is 24.3 Å². The molecule has 1 aliphatic rings. The molecule has 0 aromatic heterocycles. The van der Waals surface area contributed by atoms with Gasteiger partial charge in [-0.3, -0.25) is 4.79 Å². The van der Waals surface area contributed by atoms with Gasteiger partial charge in [-0.1, -0.05) is 12.1 Å². The molecule has 0 heterocycles. The fourth-order valence-electron chi connectivity index (χ4n) is 1.83. The van der Waals surface area contributed by atoms with Gasteiger partial charge >= 0.3 is 0 Å². The molecular formula is C12H14Cl2N2O3S. The van der Waals surface area contributed by atoms with E-state index in [-0.39, 0.29) is 11.7 Å². The molecule has 1 fully saturated rings. The molecule has 1 aromatic carbocycles. The maximum absolute atomic E-state index is 12.0. The fourth-order valence-corrected chi connectivity index (χ4v) is 3.20. The highest BCUT2D eigenvalue weighted by Crippen LogP contribution is 2.64. The Morgan fingerprint density at radius 2 is 1.85 bits per heavy atom. The van der Waals surface area contributed by atoms with Gasteiger partial charge < -0.3 is 5.32 Å². The number of primary sulfonamides is 1. The minimum Gasteiger partial charge on any atom is -0.326 e. The van der Waals surface area contributed by atoms with Crippen molar-refractivity contribution in [2.45, 2.75) is 23.4 Å². The highest BCUT2D eigenvalue weighted by atomic mass is 35.5. The molecule has 2 rings (SSSR count). The second kappa shape index (κ2) is 4.87. The van der Waals surface area contributed by atoms with Crippen LogP contribution in [0.3, 0.4) is 0 Å². The summed E-state index contributed by atoms with van der Waals surface area (Å²) in [5, 5.41) is 7.66. The molecule has 5 nitrogen and oxygen atoms in total. The zero-order valence-electron chi connectivity index (χ0n) is 10.7. The molecule has 0 spiro atoms. The number of alkyl halides is 2. The topological polar surface area (TPSA) is 89.3 Å². The Morgan fingerprint density at radius 1 is 1.35 bits per heavy atom. The van der Waals surface area contributed by atoms with Crippen molar-refractivity contribution in [3.63, 3.8) is 0 Å². The molecule has 1 saturated carbocycles. The van der Waals surface area contributed by atoms with E-state index < -0.39 is 19.8 Å². The summed E-state index contributed by atoms with van der Waals surface area (Å²) in [6.07, 6.45) is 0.401.